The van der Waals surface area contributed by atoms with E-state index in [2.05, 4.69) is 0 Å². The van der Waals surface area contributed by atoms with Crippen molar-refractivity contribution in [2.75, 3.05) is 13.1 Å². The average molecular weight is 288 g/mol. The number of fused-ring (bicyclic) bond motifs is 1. The largest absolute Gasteiger partial charge is 0.341 e. The van der Waals surface area contributed by atoms with E-state index in [1.807, 2.05) is 4.90 Å². The van der Waals surface area contributed by atoms with E-state index in [0.29, 0.717) is 16.5 Å². The summed E-state index contributed by atoms with van der Waals surface area (Å²) < 4.78 is 15.1. The lowest BCUT2D eigenvalue weighted by atomic mass is 10.1. The number of benzene rings is 1. The van der Waals surface area contributed by atoms with Crippen LogP contribution < -0.4 is 0 Å². The molecule has 110 valence electrons. The quantitative estimate of drug-likeness (QED) is 0.815. The maximum atomic E-state index is 13.4. The smallest absolute Gasteiger partial charge is 0.242 e. The van der Waals surface area contributed by atoms with Crippen LogP contribution in [0.3, 0.4) is 0 Å². The van der Waals surface area contributed by atoms with E-state index in [4.69, 9.17) is 0 Å². The van der Waals surface area contributed by atoms with Gasteiger partial charge in [0.1, 0.15) is 12.4 Å². The van der Waals surface area contributed by atoms with E-state index >= 15 is 0 Å². The molecule has 1 fully saturated rings. The van der Waals surface area contributed by atoms with Gasteiger partial charge in [-0.15, -0.1) is 0 Å². The molecule has 2 heterocycles. The first-order valence-corrected chi connectivity index (χ1v) is 7.13. The highest BCUT2D eigenvalue weighted by Crippen LogP contribution is 2.23. The van der Waals surface area contributed by atoms with E-state index < -0.39 is 0 Å². The number of ketones is 1. The third kappa shape index (κ3) is 2.55. The summed E-state index contributed by atoms with van der Waals surface area (Å²) in [5.41, 5.74) is 1.17. The van der Waals surface area contributed by atoms with Crippen molar-refractivity contribution < 1.29 is 14.0 Å². The molecule has 4 nitrogen and oxygen atoms in total. The van der Waals surface area contributed by atoms with Crippen LogP contribution in [0.15, 0.2) is 24.4 Å². The SMILES string of the molecule is CC(=O)c1cn(CC(=O)N2CCCC2)c2ccc(F)cc12. The minimum absolute atomic E-state index is 0.0452. The third-order valence-corrected chi connectivity index (χ3v) is 3.99. The van der Waals surface area contributed by atoms with Crippen LogP contribution in [0, 0.1) is 5.82 Å². The molecule has 21 heavy (non-hydrogen) atoms. The summed E-state index contributed by atoms with van der Waals surface area (Å²) in [6.45, 7) is 3.24. The van der Waals surface area contributed by atoms with Crippen molar-refractivity contribution in [3.63, 3.8) is 0 Å². The lowest BCUT2D eigenvalue weighted by molar-refractivity contribution is -0.130. The number of carbonyl (C=O) groups is 2. The normalized spacial score (nSPS) is 14.9. The molecule has 1 aromatic heterocycles. The molecule has 1 aromatic carbocycles. The Morgan fingerprint density at radius 2 is 1.95 bits per heavy atom. The number of hydrogen-bond acceptors (Lipinski definition) is 2. The van der Waals surface area contributed by atoms with Crippen LogP contribution in [0.4, 0.5) is 4.39 Å². The molecule has 5 heteroatoms. The fourth-order valence-electron chi connectivity index (χ4n) is 2.89. The topological polar surface area (TPSA) is 42.3 Å². The molecular formula is C16H17FN2O2. The number of Topliss-reactive ketones (excluding diaryl/α,β-unsaturated/α-hetero) is 1. The van der Waals surface area contributed by atoms with E-state index in [1.54, 1.807) is 16.8 Å². The van der Waals surface area contributed by atoms with Gasteiger partial charge in [-0.25, -0.2) is 4.39 Å². The Labute approximate surface area is 122 Å². The third-order valence-electron chi connectivity index (χ3n) is 3.99. The summed E-state index contributed by atoms with van der Waals surface area (Å²) in [5, 5.41) is 0.566. The Bertz CT molecular complexity index is 714. The monoisotopic (exact) mass is 288 g/mol. The van der Waals surface area contributed by atoms with Gasteiger partial charge in [0.25, 0.3) is 0 Å². The number of rotatable bonds is 3. The van der Waals surface area contributed by atoms with E-state index in [-0.39, 0.29) is 24.1 Å². The molecule has 2 aromatic rings. The predicted molar refractivity (Wildman–Crippen MR) is 77.7 cm³/mol. The first-order chi connectivity index (χ1) is 10.1. The molecule has 0 bridgehead atoms. The second kappa shape index (κ2) is 5.31. The molecule has 0 unspecified atom stereocenters. The molecule has 1 amide bonds. The fourth-order valence-corrected chi connectivity index (χ4v) is 2.89. The van der Waals surface area contributed by atoms with Gasteiger partial charge in [-0.05, 0) is 38.0 Å². The molecule has 3 rings (SSSR count). The van der Waals surface area contributed by atoms with Crippen LogP contribution >= 0.6 is 0 Å². The zero-order valence-corrected chi connectivity index (χ0v) is 11.9. The van der Waals surface area contributed by atoms with Gasteiger partial charge in [0, 0.05) is 35.8 Å². The second-order valence-corrected chi connectivity index (χ2v) is 5.48. The number of likely N-dealkylation sites (tertiary alicyclic amines) is 1. The number of halogens is 1. The van der Waals surface area contributed by atoms with Crippen molar-refractivity contribution in [1.82, 2.24) is 9.47 Å². The predicted octanol–water partition coefficient (Wildman–Crippen LogP) is 2.61. The van der Waals surface area contributed by atoms with Crippen molar-refractivity contribution in [1.29, 1.82) is 0 Å². The highest BCUT2D eigenvalue weighted by Gasteiger charge is 2.20. The molecule has 0 atom stereocenters. The van der Waals surface area contributed by atoms with Crippen LogP contribution in [-0.2, 0) is 11.3 Å². The minimum Gasteiger partial charge on any atom is -0.341 e. The Hall–Kier alpha value is -2.17. The molecule has 0 radical (unpaired) electrons. The summed E-state index contributed by atoms with van der Waals surface area (Å²) in [4.78, 5) is 25.8. The summed E-state index contributed by atoms with van der Waals surface area (Å²) in [6.07, 6.45) is 3.74. The molecule has 1 aliphatic rings. The fraction of sp³-hybridized carbons (Fsp3) is 0.375. The summed E-state index contributed by atoms with van der Waals surface area (Å²) in [6, 6.07) is 4.32. The zero-order valence-electron chi connectivity index (χ0n) is 11.9. The van der Waals surface area contributed by atoms with Crippen LogP contribution in [0.5, 0.6) is 0 Å². The summed E-state index contributed by atoms with van der Waals surface area (Å²) in [5.74, 6) is -0.463. The van der Waals surface area contributed by atoms with Gasteiger partial charge < -0.3 is 9.47 Å². The maximum Gasteiger partial charge on any atom is 0.242 e. The first kappa shape index (κ1) is 13.8. The van der Waals surface area contributed by atoms with Crippen LogP contribution in [-0.4, -0.2) is 34.2 Å². The molecular weight excluding hydrogens is 271 g/mol. The number of carbonyl (C=O) groups excluding carboxylic acids is 2. The number of nitrogens with zero attached hydrogens (tertiary/aromatic N) is 2. The number of amides is 1. The van der Waals surface area contributed by atoms with Gasteiger partial charge >= 0.3 is 0 Å². The first-order valence-electron chi connectivity index (χ1n) is 7.13. The molecule has 0 saturated carbocycles. The van der Waals surface area contributed by atoms with Crippen molar-refractivity contribution in [2.24, 2.45) is 0 Å². The standard InChI is InChI=1S/C16H17FN2O2/c1-11(20)14-9-19(10-16(21)18-6-2-3-7-18)15-5-4-12(17)8-13(14)15/h4-5,8-9H,2-3,6-7,10H2,1H3. The molecule has 1 saturated heterocycles. The molecule has 1 aliphatic heterocycles. The molecule has 0 N–H and O–H groups in total. The number of aromatic nitrogens is 1. The maximum absolute atomic E-state index is 13.4. The Kier molecular flexibility index (Phi) is 3.49. The van der Waals surface area contributed by atoms with E-state index in [9.17, 15) is 14.0 Å². The van der Waals surface area contributed by atoms with E-state index in [1.165, 1.54) is 19.1 Å². The highest BCUT2D eigenvalue weighted by atomic mass is 19.1. The van der Waals surface area contributed by atoms with Crippen molar-refractivity contribution in [3.8, 4) is 0 Å². The van der Waals surface area contributed by atoms with E-state index in [0.717, 1.165) is 25.9 Å². The lowest BCUT2D eigenvalue weighted by Gasteiger charge is -2.16. The van der Waals surface area contributed by atoms with Gasteiger partial charge in [0.2, 0.25) is 5.91 Å². The van der Waals surface area contributed by atoms with Gasteiger partial charge in [-0.2, -0.15) is 0 Å². The minimum atomic E-state index is -0.381. The van der Waals surface area contributed by atoms with Crippen molar-refractivity contribution >= 4 is 22.6 Å². The Balaban J connectivity index is 1.98. The average Bonchev–Trinajstić information content (AvgIpc) is 3.06. The Morgan fingerprint density at radius 1 is 1.24 bits per heavy atom. The molecule has 0 aliphatic carbocycles. The van der Waals surface area contributed by atoms with Crippen molar-refractivity contribution in [2.45, 2.75) is 26.3 Å². The highest BCUT2D eigenvalue weighted by molar-refractivity contribution is 6.07. The second-order valence-electron chi connectivity index (χ2n) is 5.48. The van der Waals surface area contributed by atoms with Gasteiger partial charge in [0.15, 0.2) is 5.78 Å². The summed E-state index contributed by atoms with van der Waals surface area (Å²) >= 11 is 0. The van der Waals surface area contributed by atoms with Crippen LogP contribution in [0.25, 0.3) is 10.9 Å². The Morgan fingerprint density at radius 3 is 2.62 bits per heavy atom. The van der Waals surface area contributed by atoms with Crippen LogP contribution in [0.1, 0.15) is 30.1 Å². The zero-order chi connectivity index (χ0) is 15.0. The van der Waals surface area contributed by atoms with Crippen LogP contribution in [0.2, 0.25) is 0 Å². The number of hydrogen-bond donors (Lipinski definition) is 0. The lowest BCUT2D eigenvalue weighted by Crippen LogP contribution is -2.30. The van der Waals surface area contributed by atoms with Gasteiger partial charge in [-0.3, -0.25) is 9.59 Å². The van der Waals surface area contributed by atoms with Gasteiger partial charge in [-0.1, -0.05) is 0 Å². The van der Waals surface area contributed by atoms with Gasteiger partial charge in [0.05, 0.1) is 0 Å². The summed E-state index contributed by atoms with van der Waals surface area (Å²) in [7, 11) is 0. The molecule has 0 spiro atoms. The van der Waals surface area contributed by atoms with Crippen molar-refractivity contribution in [3.05, 3.63) is 35.8 Å².